The van der Waals surface area contributed by atoms with Crippen LogP contribution in [0.25, 0.3) is 0 Å². The van der Waals surface area contributed by atoms with Gasteiger partial charge in [-0.3, -0.25) is 9.59 Å². The molecule has 0 heterocycles. The maximum absolute atomic E-state index is 13.2. The Kier molecular flexibility index (Phi) is 6.40. The van der Waals surface area contributed by atoms with Gasteiger partial charge in [-0.25, -0.2) is 4.39 Å². The molecule has 0 saturated carbocycles. The van der Waals surface area contributed by atoms with E-state index in [2.05, 4.69) is 10.6 Å². The van der Waals surface area contributed by atoms with Gasteiger partial charge in [0.2, 0.25) is 0 Å². The highest BCUT2D eigenvalue weighted by Gasteiger charge is 2.09. The highest BCUT2D eigenvalue weighted by Crippen LogP contribution is 2.13. The molecule has 0 bridgehead atoms. The number of carbonyl (C=O) groups excluding carboxylic acids is 2. The van der Waals surface area contributed by atoms with Gasteiger partial charge in [-0.05, 0) is 66.6 Å². The monoisotopic (exact) mass is 396 g/mol. The van der Waals surface area contributed by atoms with Crippen molar-refractivity contribution in [1.29, 1.82) is 0 Å². The summed E-state index contributed by atoms with van der Waals surface area (Å²) in [5, 5.41) is 6.11. The number of nitrogens with one attached hydrogen (secondary N) is 2. The van der Waals surface area contributed by atoms with Crippen molar-refractivity contribution in [3.8, 4) is 0 Å². The number of carbonyl (C=O) groups is 2. The molecule has 0 saturated heterocycles. The average Bonchev–Trinajstić information content (AvgIpc) is 2.68. The second kappa shape index (κ2) is 9.15. The van der Waals surface area contributed by atoms with E-state index in [0.717, 1.165) is 5.56 Å². The Morgan fingerprint density at radius 2 is 1.54 bits per heavy atom. The first-order chi connectivity index (χ1) is 13.5. The summed E-state index contributed by atoms with van der Waals surface area (Å²) >= 11 is 5.94. The van der Waals surface area contributed by atoms with Crippen molar-refractivity contribution in [1.82, 2.24) is 5.32 Å². The highest BCUT2D eigenvalue weighted by molar-refractivity contribution is 6.30. The molecule has 2 N–H and O–H groups in total. The molecule has 6 heteroatoms. The molecule has 3 aromatic rings. The van der Waals surface area contributed by atoms with Crippen molar-refractivity contribution in [2.45, 2.75) is 6.42 Å². The summed E-state index contributed by atoms with van der Waals surface area (Å²) in [6.07, 6.45) is 0.667. The second-order valence-electron chi connectivity index (χ2n) is 6.18. The zero-order valence-corrected chi connectivity index (χ0v) is 15.7. The summed E-state index contributed by atoms with van der Waals surface area (Å²) in [5.74, 6) is -1.03. The topological polar surface area (TPSA) is 58.2 Å². The van der Waals surface area contributed by atoms with Crippen LogP contribution in [-0.4, -0.2) is 18.4 Å². The third-order valence-corrected chi connectivity index (χ3v) is 4.32. The standard InChI is InChI=1S/C22H18ClFN2O2/c23-18-4-1-3-15(13-18)11-12-25-21(27)16-7-9-17(10-8-16)22(28)26-20-6-2-5-19(24)14-20/h1-10,13-14H,11-12H2,(H,25,27)(H,26,28). The Labute approximate surface area is 167 Å². The lowest BCUT2D eigenvalue weighted by Gasteiger charge is -2.08. The molecular weight excluding hydrogens is 379 g/mol. The molecule has 0 radical (unpaired) electrons. The van der Waals surface area contributed by atoms with Crippen molar-refractivity contribution in [2.24, 2.45) is 0 Å². The van der Waals surface area contributed by atoms with E-state index in [4.69, 9.17) is 11.6 Å². The van der Waals surface area contributed by atoms with Crippen LogP contribution in [0.5, 0.6) is 0 Å². The fourth-order valence-electron chi connectivity index (χ4n) is 2.66. The van der Waals surface area contributed by atoms with Crippen LogP contribution >= 0.6 is 11.6 Å². The summed E-state index contributed by atoms with van der Waals surface area (Å²) in [6, 6.07) is 19.4. The third-order valence-electron chi connectivity index (χ3n) is 4.08. The van der Waals surface area contributed by atoms with Crippen molar-refractivity contribution in [3.63, 3.8) is 0 Å². The predicted molar refractivity (Wildman–Crippen MR) is 108 cm³/mol. The van der Waals surface area contributed by atoms with Gasteiger partial charge in [-0.1, -0.05) is 29.8 Å². The SMILES string of the molecule is O=C(NCCc1cccc(Cl)c1)c1ccc(C(=O)Nc2cccc(F)c2)cc1. The van der Waals surface area contributed by atoms with Crippen LogP contribution in [0.4, 0.5) is 10.1 Å². The van der Waals surface area contributed by atoms with Gasteiger partial charge in [0.25, 0.3) is 11.8 Å². The second-order valence-corrected chi connectivity index (χ2v) is 6.61. The maximum Gasteiger partial charge on any atom is 0.255 e. The first-order valence-corrected chi connectivity index (χ1v) is 9.09. The lowest BCUT2D eigenvalue weighted by molar-refractivity contribution is 0.0952. The molecule has 0 aliphatic carbocycles. The van der Waals surface area contributed by atoms with Gasteiger partial charge in [0.05, 0.1) is 0 Å². The Morgan fingerprint density at radius 1 is 0.857 bits per heavy atom. The van der Waals surface area contributed by atoms with E-state index in [1.807, 2.05) is 18.2 Å². The molecule has 2 amide bonds. The minimum Gasteiger partial charge on any atom is -0.352 e. The molecule has 0 unspecified atom stereocenters. The molecule has 0 aromatic heterocycles. The van der Waals surface area contributed by atoms with Crippen LogP contribution in [0.2, 0.25) is 5.02 Å². The number of anilines is 1. The van der Waals surface area contributed by atoms with Crippen LogP contribution in [-0.2, 0) is 6.42 Å². The van der Waals surface area contributed by atoms with E-state index in [0.29, 0.717) is 34.8 Å². The van der Waals surface area contributed by atoms with E-state index >= 15 is 0 Å². The minimum atomic E-state index is -0.428. The summed E-state index contributed by atoms with van der Waals surface area (Å²) in [4.78, 5) is 24.5. The number of amides is 2. The molecule has 142 valence electrons. The molecule has 3 rings (SSSR count). The molecule has 0 aliphatic rings. The van der Waals surface area contributed by atoms with E-state index in [-0.39, 0.29) is 11.8 Å². The number of hydrogen-bond donors (Lipinski definition) is 2. The van der Waals surface area contributed by atoms with Gasteiger partial charge < -0.3 is 10.6 Å². The van der Waals surface area contributed by atoms with E-state index in [9.17, 15) is 14.0 Å². The predicted octanol–water partition coefficient (Wildman–Crippen LogP) is 4.70. The minimum absolute atomic E-state index is 0.223. The number of hydrogen-bond acceptors (Lipinski definition) is 2. The van der Waals surface area contributed by atoms with Crippen molar-refractivity contribution < 1.29 is 14.0 Å². The quantitative estimate of drug-likeness (QED) is 0.634. The van der Waals surface area contributed by atoms with Crippen LogP contribution < -0.4 is 10.6 Å². The van der Waals surface area contributed by atoms with Gasteiger partial charge in [0, 0.05) is 28.4 Å². The fourth-order valence-corrected chi connectivity index (χ4v) is 2.87. The Morgan fingerprint density at radius 3 is 2.21 bits per heavy atom. The molecule has 4 nitrogen and oxygen atoms in total. The van der Waals surface area contributed by atoms with Crippen LogP contribution in [0, 0.1) is 5.82 Å². The van der Waals surface area contributed by atoms with Crippen LogP contribution in [0.15, 0.2) is 72.8 Å². The number of benzene rings is 3. The zero-order valence-electron chi connectivity index (χ0n) is 14.9. The number of rotatable bonds is 6. The van der Waals surface area contributed by atoms with Crippen molar-refractivity contribution >= 4 is 29.1 Å². The zero-order chi connectivity index (χ0) is 19.9. The fraction of sp³-hybridized carbons (Fsp3) is 0.0909. The number of halogens is 2. The van der Waals surface area contributed by atoms with Crippen molar-refractivity contribution in [2.75, 3.05) is 11.9 Å². The smallest absolute Gasteiger partial charge is 0.255 e. The summed E-state index contributed by atoms with van der Waals surface area (Å²) in [5.41, 5.74) is 2.23. The molecule has 0 spiro atoms. The summed E-state index contributed by atoms with van der Waals surface area (Å²) in [6.45, 7) is 0.473. The molecule has 0 fully saturated rings. The Hall–Kier alpha value is -3.18. The van der Waals surface area contributed by atoms with Gasteiger partial charge >= 0.3 is 0 Å². The molecule has 0 atom stereocenters. The first-order valence-electron chi connectivity index (χ1n) is 8.71. The first kappa shape index (κ1) is 19.6. The maximum atomic E-state index is 13.2. The summed E-state index contributed by atoms with van der Waals surface area (Å²) in [7, 11) is 0. The van der Waals surface area contributed by atoms with Gasteiger partial charge in [0.15, 0.2) is 0 Å². The van der Waals surface area contributed by atoms with Gasteiger partial charge in [-0.15, -0.1) is 0 Å². The largest absolute Gasteiger partial charge is 0.352 e. The van der Waals surface area contributed by atoms with E-state index in [1.165, 1.54) is 18.2 Å². The van der Waals surface area contributed by atoms with Gasteiger partial charge in [-0.2, -0.15) is 0 Å². The van der Waals surface area contributed by atoms with E-state index < -0.39 is 5.82 Å². The lowest BCUT2D eigenvalue weighted by Crippen LogP contribution is -2.25. The van der Waals surface area contributed by atoms with E-state index in [1.54, 1.807) is 36.4 Å². The van der Waals surface area contributed by atoms with Gasteiger partial charge in [0.1, 0.15) is 5.82 Å². The van der Waals surface area contributed by atoms with Crippen LogP contribution in [0.1, 0.15) is 26.3 Å². The molecule has 0 aliphatic heterocycles. The Bertz CT molecular complexity index is 990. The average molecular weight is 397 g/mol. The normalized spacial score (nSPS) is 10.4. The molecule has 28 heavy (non-hydrogen) atoms. The lowest BCUT2D eigenvalue weighted by atomic mass is 10.1. The highest BCUT2D eigenvalue weighted by atomic mass is 35.5. The third kappa shape index (κ3) is 5.41. The summed E-state index contributed by atoms with van der Waals surface area (Å²) < 4.78 is 13.2. The Balaban J connectivity index is 1.54. The van der Waals surface area contributed by atoms with Crippen LogP contribution in [0.3, 0.4) is 0 Å². The van der Waals surface area contributed by atoms with Crippen molar-refractivity contribution in [3.05, 3.63) is 100 Å². The molecule has 3 aromatic carbocycles. The molecular formula is C22H18ClFN2O2.